The van der Waals surface area contributed by atoms with Crippen molar-refractivity contribution in [3.05, 3.63) is 59.2 Å². The zero-order valence-corrected chi connectivity index (χ0v) is 15.4. The van der Waals surface area contributed by atoms with E-state index in [9.17, 15) is 4.79 Å². The standard InChI is InChI=1S/C21H28N2O/c1-15-7-6-8-16(2)20(15)23-19(24)13-14-22-18-11-9-17(10-12-18)21(3,4)5/h6-12,22H,13-14H2,1-5H3,(H,23,24). The van der Waals surface area contributed by atoms with Gasteiger partial charge in [0, 0.05) is 24.3 Å². The molecule has 128 valence electrons. The number of amides is 1. The van der Waals surface area contributed by atoms with Crippen molar-refractivity contribution in [2.75, 3.05) is 17.2 Å². The van der Waals surface area contributed by atoms with Gasteiger partial charge in [0.25, 0.3) is 0 Å². The Labute approximate surface area is 145 Å². The van der Waals surface area contributed by atoms with Crippen molar-refractivity contribution in [2.45, 2.75) is 46.5 Å². The smallest absolute Gasteiger partial charge is 0.226 e. The summed E-state index contributed by atoms with van der Waals surface area (Å²) in [5.74, 6) is 0.0335. The molecule has 0 aliphatic rings. The normalized spacial score (nSPS) is 11.2. The van der Waals surface area contributed by atoms with Crippen molar-refractivity contribution in [3.63, 3.8) is 0 Å². The highest BCUT2D eigenvalue weighted by atomic mass is 16.1. The molecule has 0 fully saturated rings. The average Bonchev–Trinajstić information content (AvgIpc) is 2.51. The van der Waals surface area contributed by atoms with Crippen LogP contribution in [0, 0.1) is 13.8 Å². The second-order valence-electron chi connectivity index (χ2n) is 7.32. The van der Waals surface area contributed by atoms with E-state index >= 15 is 0 Å². The van der Waals surface area contributed by atoms with Crippen molar-refractivity contribution >= 4 is 17.3 Å². The fraction of sp³-hybridized carbons (Fsp3) is 0.381. The molecular formula is C21H28N2O. The topological polar surface area (TPSA) is 41.1 Å². The lowest BCUT2D eigenvalue weighted by Crippen LogP contribution is -2.17. The lowest BCUT2D eigenvalue weighted by atomic mass is 9.87. The molecule has 0 unspecified atom stereocenters. The van der Waals surface area contributed by atoms with E-state index in [2.05, 4.69) is 55.7 Å². The Kier molecular flexibility index (Phi) is 5.66. The number of hydrogen-bond donors (Lipinski definition) is 2. The van der Waals surface area contributed by atoms with Crippen molar-refractivity contribution < 1.29 is 4.79 Å². The van der Waals surface area contributed by atoms with E-state index in [1.807, 2.05) is 32.0 Å². The summed E-state index contributed by atoms with van der Waals surface area (Å²) in [5, 5.41) is 6.32. The highest BCUT2D eigenvalue weighted by molar-refractivity contribution is 5.92. The molecular weight excluding hydrogens is 296 g/mol. The van der Waals surface area contributed by atoms with E-state index in [0.717, 1.165) is 22.5 Å². The number of para-hydroxylation sites is 1. The van der Waals surface area contributed by atoms with Crippen molar-refractivity contribution in [2.24, 2.45) is 0 Å². The number of carbonyl (C=O) groups excluding carboxylic acids is 1. The fourth-order valence-corrected chi connectivity index (χ4v) is 2.62. The summed E-state index contributed by atoms with van der Waals surface area (Å²) in [6, 6.07) is 14.4. The molecule has 0 atom stereocenters. The first-order valence-electron chi connectivity index (χ1n) is 8.48. The molecule has 0 spiro atoms. The van der Waals surface area contributed by atoms with Gasteiger partial charge < -0.3 is 10.6 Å². The molecule has 24 heavy (non-hydrogen) atoms. The Hall–Kier alpha value is -2.29. The van der Waals surface area contributed by atoms with Gasteiger partial charge in [0.2, 0.25) is 5.91 Å². The molecule has 0 saturated carbocycles. The minimum absolute atomic E-state index is 0.0335. The van der Waals surface area contributed by atoms with Crippen LogP contribution in [-0.4, -0.2) is 12.5 Å². The van der Waals surface area contributed by atoms with Crippen LogP contribution in [0.1, 0.15) is 43.9 Å². The van der Waals surface area contributed by atoms with Gasteiger partial charge >= 0.3 is 0 Å². The molecule has 2 rings (SSSR count). The van der Waals surface area contributed by atoms with Gasteiger partial charge in [-0.25, -0.2) is 0 Å². The second-order valence-corrected chi connectivity index (χ2v) is 7.32. The molecule has 1 amide bonds. The minimum Gasteiger partial charge on any atom is -0.385 e. The molecule has 2 aromatic rings. The molecule has 2 aromatic carbocycles. The molecule has 0 aliphatic heterocycles. The predicted octanol–water partition coefficient (Wildman–Crippen LogP) is 5.04. The lowest BCUT2D eigenvalue weighted by Gasteiger charge is -2.19. The molecule has 0 heterocycles. The summed E-state index contributed by atoms with van der Waals surface area (Å²) < 4.78 is 0. The van der Waals surface area contributed by atoms with Crippen LogP contribution in [0.25, 0.3) is 0 Å². The third kappa shape index (κ3) is 4.85. The molecule has 0 saturated heterocycles. The SMILES string of the molecule is Cc1cccc(C)c1NC(=O)CCNc1ccc(C(C)(C)C)cc1. The zero-order valence-electron chi connectivity index (χ0n) is 15.4. The van der Waals surface area contributed by atoms with Crippen LogP contribution in [0.5, 0.6) is 0 Å². The Morgan fingerprint density at radius 1 is 0.958 bits per heavy atom. The van der Waals surface area contributed by atoms with E-state index in [4.69, 9.17) is 0 Å². The van der Waals surface area contributed by atoms with Crippen LogP contribution in [0.15, 0.2) is 42.5 Å². The number of benzene rings is 2. The number of aryl methyl sites for hydroxylation is 2. The molecule has 0 radical (unpaired) electrons. The van der Waals surface area contributed by atoms with Crippen LogP contribution in [0.2, 0.25) is 0 Å². The molecule has 0 bridgehead atoms. The van der Waals surface area contributed by atoms with Crippen LogP contribution >= 0.6 is 0 Å². The highest BCUT2D eigenvalue weighted by Gasteiger charge is 2.12. The number of hydrogen-bond acceptors (Lipinski definition) is 2. The third-order valence-corrected chi connectivity index (χ3v) is 4.18. The number of rotatable bonds is 5. The number of anilines is 2. The van der Waals surface area contributed by atoms with E-state index in [-0.39, 0.29) is 11.3 Å². The monoisotopic (exact) mass is 324 g/mol. The maximum atomic E-state index is 12.1. The molecule has 0 aliphatic carbocycles. The van der Waals surface area contributed by atoms with Gasteiger partial charge in [0.1, 0.15) is 0 Å². The average molecular weight is 324 g/mol. The third-order valence-electron chi connectivity index (χ3n) is 4.18. The maximum Gasteiger partial charge on any atom is 0.226 e. The summed E-state index contributed by atoms with van der Waals surface area (Å²) >= 11 is 0. The Bertz CT molecular complexity index is 677. The molecule has 3 nitrogen and oxygen atoms in total. The summed E-state index contributed by atoms with van der Waals surface area (Å²) in [5.41, 5.74) is 5.62. The Morgan fingerprint density at radius 3 is 2.08 bits per heavy atom. The first-order chi connectivity index (χ1) is 11.3. The van der Waals surface area contributed by atoms with Gasteiger partial charge in [0.05, 0.1) is 0 Å². The van der Waals surface area contributed by atoms with Gasteiger partial charge in [-0.2, -0.15) is 0 Å². The first kappa shape index (κ1) is 18.1. The van der Waals surface area contributed by atoms with Gasteiger partial charge in [0.15, 0.2) is 0 Å². The van der Waals surface area contributed by atoms with Crippen molar-refractivity contribution in [3.8, 4) is 0 Å². The van der Waals surface area contributed by atoms with Crippen molar-refractivity contribution in [1.82, 2.24) is 0 Å². The number of carbonyl (C=O) groups is 1. The summed E-state index contributed by atoms with van der Waals surface area (Å²) in [4.78, 5) is 12.1. The lowest BCUT2D eigenvalue weighted by molar-refractivity contribution is -0.115. The van der Waals surface area contributed by atoms with E-state index in [0.29, 0.717) is 13.0 Å². The zero-order chi connectivity index (χ0) is 17.7. The largest absolute Gasteiger partial charge is 0.385 e. The van der Waals surface area contributed by atoms with Gasteiger partial charge in [-0.05, 0) is 48.1 Å². The van der Waals surface area contributed by atoms with Crippen LogP contribution in [0.3, 0.4) is 0 Å². The second kappa shape index (κ2) is 7.52. The van der Waals surface area contributed by atoms with E-state index in [1.54, 1.807) is 0 Å². The molecule has 0 aromatic heterocycles. The summed E-state index contributed by atoms with van der Waals surface area (Å²) in [6.45, 7) is 11.2. The van der Waals surface area contributed by atoms with Gasteiger partial charge in [-0.1, -0.05) is 51.1 Å². The van der Waals surface area contributed by atoms with E-state index < -0.39 is 0 Å². The maximum absolute atomic E-state index is 12.1. The molecule has 3 heteroatoms. The van der Waals surface area contributed by atoms with Crippen LogP contribution in [-0.2, 0) is 10.2 Å². The van der Waals surface area contributed by atoms with Gasteiger partial charge in [-0.15, -0.1) is 0 Å². The minimum atomic E-state index is 0.0335. The number of nitrogens with one attached hydrogen (secondary N) is 2. The Balaban J connectivity index is 1.85. The summed E-state index contributed by atoms with van der Waals surface area (Å²) in [6.07, 6.45) is 0.439. The fourth-order valence-electron chi connectivity index (χ4n) is 2.62. The van der Waals surface area contributed by atoms with Gasteiger partial charge in [-0.3, -0.25) is 4.79 Å². The highest BCUT2D eigenvalue weighted by Crippen LogP contribution is 2.23. The molecule has 2 N–H and O–H groups in total. The van der Waals surface area contributed by atoms with Crippen LogP contribution < -0.4 is 10.6 Å². The van der Waals surface area contributed by atoms with Crippen molar-refractivity contribution in [1.29, 1.82) is 0 Å². The van der Waals surface area contributed by atoms with Crippen LogP contribution in [0.4, 0.5) is 11.4 Å². The summed E-state index contributed by atoms with van der Waals surface area (Å²) in [7, 11) is 0. The predicted molar refractivity (Wildman–Crippen MR) is 103 cm³/mol. The quantitative estimate of drug-likeness (QED) is 0.809. The first-order valence-corrected chi connectivity index (χ1v) is 8.48. The Morgan fingerprint density at radius 2 is 1.54 bits per heavy atom. The van der Waals surface area contributed by atoms with E-state index in [1.165, 1.54) is 5.56 Å².